The van der Waals surface area contributed by atoms with Crippen LogP contribution in [0.15, 0.2) is 48.9 Å². The summed E-state index contributed by atoms with van der Waals surface area (Å²) in [5.74, 6) is 0. The maximum atomic E-state index is 12.4. The minimum Gasteiger partial charge on any atom is -0.395 e. The first-order valence-electron chi connectivity index (χ1n) is 6.04. The second-order valence-corrected chi connectivity index (χ2v) is 9.81. The highest BCUT2D eigenvalue weighted by molar-refractivity contribution is 9.12. The smallest absolute Gasteiger partial charge is 0.242 e. The van der Waals surface area contributed by atoms with Crippen LogP contribution in [0.1, 0.15) is 5.56 Å². The number of aliphatic hydroxyl groups excluding tert-OH is 1. The molecule has 0 amide bonds. The highest BCUT2D eigenvalue weighted by Gasteiger charge is 2.24. The molecule has 1 unspecified atom stereocenters. The van der Waals surface area contributed by atoms with Gasteiger partial charge in [0.05, 0.1) is 14.2 Å². The van der Waals surface area contributed by atoms with Crippen LogP contribution in [-0.2, 0) is 16.4 Å². The summed E-state index contributed by atoms with van der Waals surface area (Å²) in [4.78, 5) is 0.172. The lowest BCUT2D eigenvalue weighted by Crippen LogP contribution is -2.39. The molecular formula is C13H13Br2NO3S2. The molecule has 8 heteroatoms. The Morgan fingerprint density at radius 3 is 2.43 bits per heavy atom. The summed E-state index contributed by atoms with van der Waals surface area (Å²) < 4.78 is 28.5. The number of rotatable bonds is 6. The molecule has 21 heavy (non-hydrogen) atoms. The predicted octanol–water partition coefficient (Wildman–Crippen LogP) is 3.16. The molecule has 1 aromatic heterocycles. The molecule has 0 bridgehead atoms. The van der Waals surface area contributed by atoms with Crippen LogP contribution in [0.25, 0.3) is 0 Å². The van der Waals surface area contributed by atoms with Gasteiger partial charge in [-0.05, 0) is 49.9 Å². The van der Waals surface area contributed by atoms with Gasteiger partial charge in [0, 0.05) is 6.04 Å². The number of sulfonamides is 1. The van der Waals surface area contributed by atoms with Crippen LogP contribution in [0.4, 0.5) is 0 Å². The Morgan fingerprint density at radius 2 is 1.90 bits per heavy atom. The number of halogens is 2. The third-order valence-corrected chi connectivity index (χ3v) is 7.06. The van der Waals surface area contributed by atoms with Crippen molar-refractivity contribution >= 4 is 53.2 Å². The van der Waals surface area contributed by atoms with Crippen LogP contribution in [0.3, 0.4) is 0 Å². The van der Waals surface area contributed by atoms with E-state index in [4.69, 9.17) is 0 Å². The van der Waals surface area contributed by atoms with Gasteiger partial charge in [0.15, 0.2) is 0 Å². The van der Waals surface area contributed by atoms with Gasteiger partial charge in [0.25, 0.3) is 0 Å². The lowest BCUT2D eigenvalue weighted by atomic mass is 10.1. The topological polar surface area (TPSA) is 66.4 Å². The summed E-state index contributed by atoms with van der Waals surface area (Å²) in [7, 11) is -3.68. The van der Waals surface area contributed by atoms with Gasteiger partial charge in [-0.15, -0.1) is 11.3 Å². The van der Waals surface area contributed by atoms with Gasteiger partial charge in [-0.2, -0.15) is 0 Å². The monoisotopic (exact) mass is 453 g/mol. The molecular weight excluding hydrogens is 442 g/mol. The van der Waals surface area contributed by atoms with E-state index >= 15 is 0 Å². The maximum Gasteiger partial charge on any atom is 0.242 e. The lowest BCUT2D eigenvalue weighted by Gasteiger charge is -2.16. The SMILES string of the molecule is O=S(=O)(NC(CO)Cc1ccccc1)c1cc(Br)sc1Br. The Hall–Kier alpha value is -0.250. The number of thiophene rings is 1. The van der Waals surface area contributed by atoms with Crippen molar-refractivity contribution in [1.82, 2.24) is 4.72 Å². The van der Waals surface area contributed by atoms with Gasteiger partial charge in [-0.1, -0.05) is 30.3 Å². The Morgan fingerprint density at radius 1 is 1.24 bits per heavy atom. The zero-order valence-electron chi connectivity index (χ0n) is 10.8. The largest absolute Gasteiger partial charge is 0.395 e. The van der Waals surface area contributed by atoms with Gasteiger partial charge in [-0.3, -0.25) is 0 Å². The second kappa shape index (κ2) is 7.34. The van der Waals surface area contributed by atoms with E-state index in [2.05, 4.69) is 36.6 Å². The molecule has 0 aliphatic rings. The van der Waals surface area contributed by atoms with Gasteiger partial charge in [-0.25, -0.2) is 13.1 Å². The summed E-state index contributed by atoms with van der Waals surface area (Å²) in [5, 5.41) is 9.43. The first-order valence-corrected chi connectivity index (χ1v) is 9.93. The van der Waals surface area contributed by atoms with Crippen LogP contribution in [0.2, 0.25) is 0 Å². The van der Waals surface area contributed by atoms with Gasteiger partial charge < -0.3 is 5.11 Å². The fourth-order valence-electron chi connectivity index (χ4n) is 1.83. The Balaban J connectivity index is 2.16. The van der Waals surface area contributed by atoms with Crippen molar-refractivity contribution in [2.45, 2.75) is 17.4 Å². The second-order valence-electron chi connectivity index (χ2n) is 4.38. The van der Waals surface area contributed by atoms with E-state index in [1.54, 1.807) is 0 Å². The number of aliphatic hydroxyl groups is 1. The Bertz CT molecular complexity index is 701. The van der Waals surface area contributed by atoms with Crippen molar-refractivity contribution < 1.29 is 13.5 Å². The zero-order valence-corrected chi connectivity index (χ0v) is 15.6. The van der Waals surface area contributed by atoms with Crippen LogP contribution in [-0.4, -0.2) is 26.2 Å². The molecule has 0 saturated carbocycles. The van der Waals surface area contributed by atoms with E-state index in [0.29, 0.717) is 10.2 Å². The van der Waals surface area contributed by atoms with E-state index in [1.807, 2.05) is 30.3 Å². The highest BCUT2D eigenvalue weighted by Crippen LogP contribution is 2.34. The normalized spacial score (nSPS) is 13.3. The number of hydrogen-bond donors (Lipinski definition) is 2. The molecule has 0 fully saturated rings. The molecule has 1 heterocycles. The molecule has 0 radical (unpaired) electrons. The number of hydrogen-bond acceptors (Lipinski definition) is 4. The molecule has 114 valence electrons. The fourth-order valence-corrected chi connectivity index (χ4v) is 6.87. The first kappa shape index (κ1) is 17.1. The van der Waals surface area contributed by atoms with Crippen molar-refractivity contribution in [1.29, 1.82) is 0 Å². The third-order valence-electron chi connectivity index (χ3n) is 2.78. The zero-order chi connectivity index (χ0) is 15.5. The van der Waals surface area contributed by atoms with Gasteiger partial charge in [0.2, 0.25) is 10.0 Å². The molecule has 0 saturated heterocycles. The molecule has 2 N–H and O–H groups in total. The summed E-state index contributed by atoms with van der Waals surface area (Å²) >= 11 is 7.78. The Labute approximate surface area is 144 Å². The minimum absolute atomic E-state index is 0.172. The van der Waals surface area contributed by atoms with Crippen molar-refractivity contribution in [3.63, 3.8) is 0 Å². The molecule has 4 nitrogen and oxygen atoms in total. The van der Waals surface area contributed by atoms with Crippen LogP contribution in [0.5, 0.6) is 0 Å². The molecule has 0 spiro atoms. The number of nitrogens with one attached hydrogen (secondary N) is 1. The van der Waals surface area contributed by atoms with E-state index < -0.39 is 16.1 Å². The van der Waals surface area contributed by atoms with Crippen molar-refractivity contribution in [3.05, 3.63) is 49.5 Å². The third kappa shape index (κ3) is 4.61. The Kier molecular flexibility index (Phi) is 5.98. The van der Waals surface area contributed by atoms with E-state index in [0.717, 1.165) is 9.35 Å². The lowest BCUT2D eigenvalue weighted by molar-refractivity contribution is 0.256. The quantitative estimate of drug-likeness (QED) is 0.704. The molecule has 0 aliphatic heterocycles. The summed E-state index contributed by atoms with van der Waals surface area (Å²) in [6.07, 6.45) is 0.430. The standard InChI is InChI=1S/C13H13Br2NO3S2/c14-12-7-11(13(15)20-12)21(18,19)16-10(8-17)6-9-4-2-1-3-5-9/h1-5,7,10,16-17H,6,8H2. The minimum atomic E-state index is -3.68. The molecule has 0 aliphatic carbocycles. The van der Waals surface area contributed by atoms with Crippen molar-refractivity contribution in [2.75, 3.05) is 6.61 Å². The number of benzene rings is 1. The van der Waals surface area contributed by atoms with Gasteiger partial charge >= 0.3 is 0 Å². The van der Waals surface area contributed by atoms with E-state index in [9.17, 15) is 13.5 Å². The van der Waals surface area contributed by atoms with E-state index in [1.165, 1.54) is 17.4 Å². The van der Waals surface area contributed by atoms with Crippen LogP contribution < -0.4 is 4.72 Å². The average Bonchev–Trinajstić information content (AvgIpc) is 2.79. The van der Waals surface area contributed by atoms with Crippen LogP contribution >= 0.6 is 43.2 Å². The van der Waals surface area contributed by atoms with Crippen LogP contribution in [0, 0.1) is 0 Å². The molecule has 1 atom stereocenters. The van der Waals surface area contributed by atoms with E-state index in [-0.39, 0.29) is 11.5 Å². The summed E-state index contributed by atoms with van der Waals surface area (Å²) in [5.41, 5.74) is 0.963. The molecule has 2 aromatic rings. The molecule has 2 rings (SSSR count). The predicted molar refractivity (Wildman–Crippen MR) is 91.1 cm³/mol. The average molecular weight is 455 g/mol. The molecule has 1 aromatic carbocycles. The summed E-state index contributed by atoms with van der Waals surface area (Å²) in [6.45, 7) is -0.267. The van der Waals surface area contributed by atoms with Crippen molar-refractivity contribution in [3.8, 4) is 0 Å². The van der Waals surface area contributed by atoms with Crippen molar-refractivity contribution in [2.24, 2.45) is 0 Å². The fraction of sp³-hybridized carbons (Fsp3) is 0.231. The highest BCUT2D eigenvalue weighted by atomic mass is 79.9. The maximum absolute atomic E-state index is 12.4. The summed E-state index contributed by atoms with van der Waals surface area (Å²) in [6, 6.07) is 10.4. The first-order chi connectivity index (χ1) is 9.92. The van der Waals surface area contributed by atoms with Gasteiger partial charge in [0.1, 0.15) is 4.90 Å².